The Balaban J connectivity index is 2.16. The van der Waals surface area contributed by atoms with Crippen LogP contribution in [0.2, 0.25) is 0 Å². The zero-order valence-electron chi connectivity index (χ0n) is 15.5. The zero-order chi connectivity index (χ0) is 18.2. The first-order chi connectivity index (χ1) is 12.1. The average Bonchev–Trinajstić information content (AvgIpc) is 2.66. The summed E-state index contributed by atoms with van der Waals surface area (Å²) in [5.41, 5.74) is 2.06. The van der Waals surface area contributed by atoms with E-state index in [1.807, 2.05) is 41.3 Å². The van der Waals surface area contributed by atoms with E-state index < -0.39 is 0 Å². The number of nitrogens with zero attached hydrogens (tertiary/aromatic N) is 1. The van der Waals surface area contributed by atoms with Gasteiger partial charge in [0.25, 0.3) is 0 Å². The molecule has 0 saturated heterocycles. The van der Waals surface area contributed by atoms with Gasteiger partial charge in [0.05, 0.1) is 20.6 Å². The van der Waals surface area contributed by atoms with Crippen LogP contribution in [0.1, 0.15) is 31.4 Å². The third-order valence-electron chi connectivity index (χ3n) is 4.44. The molecular formula is C21H27NO3. The van der Waals surface area contributed by atoms with Gasteiger partial charge in [-0.05, 0) is 36.6 Å². The lowest BCUT2D eigenvalue weighted by Gasteiger charge is -2.29. The maximum Gasteiger partial charge on any atom is 0.227 e. The molecule has 2 aromatic rings. The quantitative estimate of drug-likeness (QED) is 0.726. The van der Waals surface area contributed by atoms with Gasteiger partial charge in [-0.2, -0.15) is 0 Å². The largest absolute Gasteiger partial charge is 0.493 e. The number of ether oxygens (including phenoxy) is 2. The van der Waals surface area contributed by atoms with Gasteiger partial charge in [-0.3, -0.25) is 4.79 Å². The molecule has 0 aliphatic heterocycles. The highest BCUT2D eigenvalue weighted by Gasteiger charge is 2.20. The maximum atomic E-state index is 12.9. The van der Waals surface area contributed by atoms with Gasteiger partial charge in [0.15, 0.2) is 11.5 Å². The predicted octanol–water partition coefficient (Wildman–Crippen LogP) is 4.07. The van der Waals surface area contributed by atoms with Crippen LogP contribution in [0.3, 0.4) is 0 Å². The molecule has 2 rings (SSSR count). The summed E-state index contributed by atoms with van der Waals surface area (Å²) in [5.74, 6) is 1.43. The van der Waals surface area contributed by atoms with Crippen LogP contribution < -0.4 is 9.47 Å². The normalized spacial score (nSPS) is 11.7. The fourth-order valence-corrected chi connectivity index (χ4v) is 2.76. The summed E-state index contributed by atoms with van der Waals surface area (Å²) in [7, 11) is 3.21. The van der Waals surface area contributed by atoms with Gasteiger partial charge in [0.2, 0.25) is 5.91 Å². The second kappa shape index (κ2) is 9.11. The molecule has 0 aliphatic carbocycles. The Kier molecular flexibility index (Phi) is 6.87. The number of hydrogen-bond donors (Lipinski definition) is 0. The highest BCUT2D eigenvalue weighted by Crippen LogP contribution is 2.28. The average molecular weight is 341 g/mol. The zero-order valence-corrected chi connectivity index (χ0v) is 15.5. The Hall–Kier alpha value is -2.49. The van der Waals surface area contributed by atoms with E-state index in [4.69, 9.17) is 9.47 Å². The Morgan fingerprint density at radius 2 is 1.68 bits per heavy atom. The topological polar surface area (TPSA) is 38.8 Å². The lowest BCUT2D eigenvalue weighted by Crippen LogP contribution is -2.38. The second-order valence-corrected chi connectivity index (χ2v) is 6.13. The minimum Gasteiger partial charge on any atom is -0.493 e. The molecule has 0 heterocycles. The lowest BCUT2D eigenvalue weighted by molar-refractivity contribution is -0.133. The first kappa shape index (κ1) is 18.8. The Morgan fingerprint density at radius 1 is 1.00 bits per heavy atom. The molecule has 0 spiro atoms. The number of benzene rings is 2. The third kappa shape index (κ3) is 4.99. The summed E-state index contributed by atoms with van der Waals surface area (Å²) in [5, 5.41) is 0. The van der Waals surface area contributed by atoms with Crippen LogP contribution >= 0.6 is 0 Å². The molecule has 4 heteroatoms. The van der Waals surface area contributed by atoms with E-state index in [9.17, 15) is 4.79 Å². The summed E-state index contributed by atoms with van der Waals surface area (Å²) in [6.45, 7) is 4.82. The van der Waals surface area contributed by atoms with Crippen LogP contribution in [0.5, 0.6) is 11.5 Å². The van der Waals surface area contributed by atoms with Crippen molar-refractivity contribution in [1.29, 1.82) is 0 Å². The van der Waals surface area contributed by atoms with E-state index in [2.05, 4.69) is 26.0 Å². The van der Waals surface area contributed by atoms with Crippen molar-refractivity contribution < 1.29 is 14.3 Å². The number of hydrogen-bond acceptors (Lipinski definition) is 3. The van der Waals surface area contributed by atoms with E-state index in [1.165, 1.54) is 0 Å². The van der Waals surface area contributed by atoms with Crippen molar-refractivity contribution in [2.45, 2.75) is 39.3 Å². The first-order valence-electron chi connectivity index (χ1n) is 8.63. The highest BCUT2D eigenvalue weighted by atomic mass is 16.5. The van der Waals surface area contributed by atoms with Crippen LogP contribution in [-0.2, 0) is 17.8 Å². The van der Waals surface area contributed by atoms with Crippen molar-refractivity contribution >= 4 is 5.91 Å². The molecule has 0 N–H and O–H groups in total. The van der Waals surface area contributed by atoms with E-state index in [0.29, 0.717) is 24.5 Å². The molecule has 1 unspecified atom stereocenters. The van der Waals surface area contributed by atoms with Crippen molar-refractivity contribution in [3.63, 3.8) is 0 Å². The van der Waals surface area contributed by atoms with Gasteiger partial charge in [-0.25, -0.2) is 0 Å². The first-order valence-corrected chi connectivity index (χ1v) is 8.63. The van der Waals surface area contributed by atoms with E-state index in [1.54, 1.807) is 14.2 Å². The Morgan fingerprint density at radius 3 is 2.28 bits per heavy atom. The number of carbonyl (C=O) groups is 1. The Labute approximate surface area is 150 Å². The molecule has 0 fully saturated rings. The number of amides is 1. The van der Waals surface area contributed by atoms with Crippen molar-refractivity contribution in [3.8, 4) is 11.5 Å². The molecule has 25 heavy (non-hydrogen) atoms. The molecule has 134 valence electrons. The van der Waals surface area contributed by atoms with Crippen LogP contribution in [0, 0.1) is 0 Å². The molecular weight excluding hydrogens is 314 g/mol. The molecule has 0 aliphatic rings. The molecule has 0 bridgehead atoms. The molecule has 0 aromatic heterocycles. The fraction of sp³-hybridized carbons (Fsp3) is 0.381. The number of carbonyl (C=O) groups excluding carboxylic acids is 1. The van der Waals surface area contributed by atoms with Crippen LogP contribution in [0.25, 0.3) is 0 Å². The van der Waals surface area contributed by atoms with Gasteiger partial charge in [0, 0.05) is 12.6 Å². The number of rotatable bonds is 8. The fourth-order valence-electron chi connectivity index (χ4n) is 2.76. The van der Waals surface area contributed by atoms with Crippen LogP contribution in [0.4, 0.5) is 0 Å². The lowest BCUT2D eigenvalue weighted by atomic mass is 10.1. The van der Waals surface area contributed by atoms with Crippen molar-refractivity contribution in [2.24, 2.45) is 0 Å². The third-order valence-corrected chi connectivity index (χ3v) is 4.44. The smallest absolute Gasteiger partial charge is 0.227 e. The summed E-state index contributed by atoms with van der Waals surface area (Å²) in [6, 6.07) is 15.9. The molecule has 0 saturated carbocycles. The van der Waals surface area contributed by atoms with Gasteiger partial charge < -0.3 is 14.4 Å². The summed E-state index contributed by atoms with van der Waals surface area (Å²) < 4.78 is 10.6. The minimum atomic E-state index is 0.116. The SMILES string of the molecule is CCC(C)N(Cc1ccccc1)C(=O)Cc1ccc(OC)c(OC)c1. The maximum absolute atomic E-state index is 12.9. The molecule has 1 amide bonds. The van der Waals surface area contributed by atoms with Crippen molar-refractivity contribution in [1.82, 2.24) is 4.90 Å². The van der Waals surface area contributed by atoms with Gasteiger partial charge in [0.1, 0.15) is 0 Å². The summed E-state index contributed by atoms with van der Waals surface area (Å²) >= 11 is 0. The summed E-state index contributed by atoms with van der Waals surface area (Å²) in [6.07, 6.45) is 1.27. The molecule has 4 nitrogen and oxygen atoms in total. The molecule has 2 aromatic carbocycles. The second-order valence-electron chi connectivity index (χ2n) is 6.13. The molecule has 1 atom stereocenters. The predicted molar refractivity (Wildman–Crippen MR) is 100.0 cm³/mol. The monoisotopic (exact) mass is 341 g/mol. The van der Waals surface area contributed by atoms with E-state index >= 15 is 0 Å². The van der Waals surface area contributed by atoms with E-state index in [-0.39, 0.29) is 11.9 Å². The van der Waals surface area contributed by atoms with Gasteiger partial charge >= 0.3 is 0 Å². The van der Waals surface area contributed by atoms with Crippen LogP contribution in [0.15, 0.2) is 48.5 Å². The Bertz CT molecular complexity index is 685. The van der Waals surface area contributed by atoms with Gasteiger partial charge in [-0.1, -0.05) is 43.3 Å². The number of methoxy groups -OCH3 is 2. The summed E-state index contributed by atoms with van der Waals surface area (Å²) in [4.78, 5) is 14.9. The molecule has 0 radical (unpaired) electrons. The van der Waals surface area contributed by atoms with Crippen LogP contribution in [-0.4, -0.2) is 31.1 Å². The van der Waals surface area contributed by atoms with Crippen molar-refractivity contribution in [2.75, 3.05) is 14.2 Å². The van der Waals surface area contributed by atoms with E-state index in [0.717, 1.165) is 17.5 Å². The van der Waals surface area contributed by atoms with Gasteiger partial charge in [-0.15, -0.1) is 0 Å². The minimum absolute atomic E-state index is 0.116. The standard InChI is InChI=1S/C21H27NO3/c1-5-16(2)22(15-17-9-7-6-8-10-17)21(23)14-18-11-12-19(24-3)20(13-18)25-4/h6-13,16H,5,14-15H2,1-4H3. The van der Waals surface area contributed by atoms with Crippen molar-refractivity contribution in [3.05, 3.63) is 59.7 Å². The highest BCUT2D eigenvalue weighted by molar-refractivity contribution is 5.79.